The highest BCUT2D eigenvalue weighted by Gasteiger charge is 2.30. The number of hydrogen-bond acceptors (Lipinski definition) is 1. The summed E-state index contributed by atoms with van der Waals surface area (Å²) in [5.41, 5.74) is 5.27. The molecule has 80 valence electrons. The second-order valence-corrected chi connectivity index (χ2v) is 3.78. The zero-order chi connectivity index (χ0) is 11.5. The van der Waals surface area contributed by atoms with Crippen molar-refractivity contribution in [3.8, 4) is 12.3 Å². The summed E-state index contributed by atoms with van der Waals surface area (Å²) in [4.78, 5) is 0. The van der Waals surface area contributed by atoms with Crippen LogP contribution in [0.2, 0.25) is 0 Å². The van der Waals surface area contributed by atoms with Crippen molar-refractivity contribution in [1.29, 1.82) is 0 Å². The Labute approximate surface area is 88.3 Å². The SMILES string of the molecule is C#Cc1ccccc1CC(C)(N)C(F)F. The summed E-state index contributed by atoms with van der Waals surface area (Å²) < 4.78 is 25.1. The predicted octanol–water partition coefficient (Wildman–Crippen LogP) is 2.19. The predicted molar refractivity (Wildman–Crippen MR) is 56.7 cm³/mol. The summed E-state index contributed by atoms with van der Waals surface area (Å²) in [6, 6.07) is 6.98. The van der Waals surface area contributed by atoms with E-state index < -0.39 is 12.0 Å². The second-order valence-electron chi connectivity index (χ2n) is 3.78. The standard InChI is InChI=1S/C12H13F2N/c1-3-9-6-4-5-7-10(9)8-12(2,15)11(13)14/h1,4-7,11H,8,15H2,2H3. The van der Waals surface area contributed by atoms with E-state index in [1.54, 1.807) is 24.3 Å². The molecule has 0 spiro atoms. The largest absolute Gasteiger partial charge is 0.320 e. The molecule has 15 heavy (non-hydrogen) atoms. The highest BCUT2D eigenvalue weighted by Crippen LogP contribution is 2.20. The molecular weight excluding hydrogens is 196 g/mol. The molecule has 1 aromatic carbocycles. The molecule has 0 aliphatic carbocycles. The summed E-state index contributed by atoms with van der Waals surface area (Å²) in [6.07, 6.45) is 2.78. The molecule has 0 amide bonds. The van der Waals surface area contributed by atoms with E-state index in [0.717, 1.165) is 0 Å². The smallest absolute Gasteiger partial charge is 0.256 e. The minimum atomic E-state index is -2.57. The van der Waals surface area contributed by atoms with Gasteiger partial charge in [-0.15, -0.1) is 6.42 Å². The van der Waals surface area contributed by atoms with Gasteiger partial charge in [-0.2, -0.15) is 0 Å². The molecule has 0 aliphatic rings. The van der Waals surface area contributed by atoms with Crippen molar-refractivity contribution >= 4 is 0 Å². The van der Waals surface area contributed by atoms with Gasteiger partial charge in [-0.25, -0.2) is 8.78 Å². The van der Waals surface area contributed by atoms with Gasteiger partial charge in [0.15, 0.2) is 0 Å². The molecule has 1 aromatic rings. The third-order valence-electron chi connectivity index (χ3n) is 2.24. The number of alkyl halides is 2. The first-order valence-electron chi connectivity index (χ1n) is 4.59. The first-order valence-corrected chi connectivity index (χ1v) is 4.59. The van der Waals surface area contributed by atoms with Crippen LogP contribution in [0.4, 0.5) is 8.78 Å². The van der Waals surface area contributed by atoms with Crippen molar-refractivity contribution in [2.24, 2.45) is 5.73 Å². The van der Waals surface area contributed by atoms with E-state index in [2.05, 4.69) is 5.92 Å². The fraction of sp³-hybridized carbons (Fsp3) is 0.333. The Morgan fingerprint density at radius 3 is 2.60 bits per heavy atom. The second kappa shape index (κ2) is 4.41. The quantitative estimate of drug-likeness (QED) is 0.759. The van der Waals surface area contributed by atoms with Gasteiger partial charge in [-0.05, 0) is 25.0 Å². The Morgan fingerprint density at radius 2 is 2.07 bits per heavy atom. The van der Waals surface area contributed by atoms with Crippen LogP contribution in [-0.2, 0) is 6.42 Å². The van der Waals surface area contributed by atoms with Gasteiger partial charge >= 0.3 is 0 Å². The fourth-order valence-electron chi connectivity index (χ4n) is 1.30. The minimum Gasteiger partial charge on any atom is -0.320 e. The summed E-state index contributed by atoms with van der Waals surface area (Å²) in [6.45, 7) is 1.32. The third-order valence-corrected chi connectivity index (χ3v) is 2.24. The normalized spacial score (nSPS) is 14.7. The van der Waals surface area contributed by atoms with E-state index in [1.807, 2.05) is 0 Å². The van der Waals surface area contributed by atoms with Crippen LogP contribution in [0, 0.1) is 12.3 Å². The number of nitrogens with two attached hydrogens (primary N) is 1. The van der Waals surface area contributed by atoms with E-state index in [4.69, 9.17) is 12.2 Å². The average molecular weight is 209 g/mol. The Kier molecular flexibility index (Phi) is 3.43. The van der Waals surface area contributed by atoms with Gasteiger partial charge in [0.25, 0.3) is 6.43 Å². The van der Waals surface area contributed by atoms with Crippen LogP contribution in [0.5, 0.6) is 0 Å². The van der Waals surface area contributed by atoms with Crippen LogP contribution in [-0.4, -0.2) is 12.0 Å². The van der Waals surface area contributed by atoms with Crippen LogP contribution in [0.15, 0.2) is 24.3 Å². The highest BCUT2D eigenvalue weighted by atomic mass is 19.3. The first-order chi connectivity index (χ1) is 6.97. The molecule has 0 fully saturated rings. The molecule has 0 aliphatic heterocycles. The van der Waals surface area contributed by atoms with Crippen molar-refractivity contribution in [2.75, 3.05) is 0 Å². The lowest BCUT2D eigenvalue weighted by Gasteiger charge is -2.24. The van der Waals surface area contributed by atoms with Crippen molar-refractivity contribution in [2.45, 2.75) is 25.3 Å². The zero-order valence-corrected chi connectivity index (χ0v) is 8.50. The van der Waals surface area contributed by atoms with Crippen molar-refractivity contribution in [3.63, 3.8) is 0 Å². The Bertz CT molecular complexity index is 377. The first kappa shape index (κ1) is 11.7. The van der Waals surface area contributed by atoms with Crippen LogP contribution in [0.25, 0.3) is 0 Å². The Hall–Kier alpha value is -1.40. The van der Waals surface area contributed by atoms with E-state index in [0.29, 0.717) is 11.1 Å². The van der Waals surface area contributed by atoms with Crippen LogP contribution >= 0.6 is 0 Å². The molecule has 0 radical (unpaired) electrons. The fourth-order valence-corrected chi connectivity index (χ4v) is 1.30. The van der Waals surface area contributed by atoms with Gasteiger partial charge in [0.05, 0.1) is 5.54 Å². The lowest BCUT2D eigenvalue weighted by molar-refractivity contribution is 0.0639. The van der Waals surface area contributed by atoms with Gasteiger partial charge in [0.2, 0.25) is 0 Å². The van der Waals surface area contributed by atoms with Gasteiger partial charge in [-0.1, -0.05) is 24.1 Å². The van der Waals surface area contributed by atoms with Gasteiger partial charge in [0.1, 0.15) is 0 Å². The van der Waals surface area contributed by atoms with Crippen LogP contribution in [0.3, 0.4) is 0 Å². The Morgan fingerprint density at radius 1 is 1.47 bits per heavy atom. The molecule has 0 saturated carbocycles. The number of terminal acetylenes is 1. The zero-order valence-electron chi connectivity index (χ0n) is 8.50. The molecule has 1 nitrogen and oxygen atoms in total. The summed E-state index contributed by atoms with van der Waals surface area (Å²) in [5, 5.41) is 0. The van der Waals surface area contributed by atoms with Crippen molar-refractivity contribution in [3.05, 3.63) is 35.4 Å². The highest BCUT2D eigenvalue weighted by molar-refractivity contribution is 5.40. The average Bonchev–Trinajstić information content (AvgIpc) is 2.18. The molecule has 1 atom stereocenters. The summed E-state index contributed by atoms with van der Waals surface area (Å²) >= 11 is 0. The summed E-state index contributed by atoms with van der Waals surface area (Å²) in [5.74, 6) is 2.46. The molecule has 1 rings (SSSR count). The molecule has 2 N–H and O–H groups in total. The lowest BCUT2D eigenvalue weighted by Crippen LogP contribution is -2.46. The van der Waals surface area contributed by atoms with Crippen molar-refractivity contribution < 1.29 is 8.78 Å². The maximum absolute atomic E-state index is 12.6. The maximum Gasteiger partial charge on any atom is 0.256 e. The molecule has 1 unspecified atom stereocenters. The molecule has 0 heterocycles. The minimum absolute atomic E-state index is 0.0744. The number of halogens is 2. The van der Waals surface area contributed by atoms with Gasteiger partial charge in [-0.3, -0.25) is 0 Å². The van der Waals surface area contributed by atoms with E-state index in [9.17, 15) is 8.78 Å². The van der Waals surface area contributed by atoms with Gasteiger partial charge in [0, 0.05) is 5.56 Å². The van der Waals surface area contributed by atoms with E-state index >= 15 is 0 Å². The third kappa shape index (κ3) is 2.77. The maximum atomic E-state index is 12.6. The van der Waals surface area contributed by atoms with Crippen molar-refractivity contribution in [1.82, 2.24) is 0 Å². The number of benzene rings is 1. The Balaban J connectivity index is 2.95. The molecule has 3 heteroatoms. The lowest BCUT2D eigenvalue weighted by atomic mass is 9.92. The van der Waals surface area contributed by atoms with Crippen LogP contribution in [0.1, 0.15) is 18.1 Å². The topological polar surface area (TPSA) is 26.0 Å². The molecule has 0 aromatic heterocycles. The summed E-state index contributed by atoms with van der Waals surface area (Å²) in [7, 11) is 0. The number of hydrogen-bond donors (Lipinski definition) is 1. The van der Waals surface area contributed by atoms with Gasteiger partial charge < -0.3 is 5.73 Å². The van der Waals surface area contributed by atoms with E-state index in [-0.39, 0.29) is 6.42 Å². The molecule has 0 bridgehead atoms. The van der Waals surface area contributed by atoms with Crippen LogP contribution < -0.4 is 5.73 Å². The number of rotatable bonds is 3. The molecular formula is C12H13F2N. The monoisotopic (exact) mass is 209 g/mol. The van der Waals surface area contributed by atoms with E-state index in [1.165, 1.54) is 6.92 Å². The molecule has 0 saturated heterocycles.